The first-order chi connectivity index (χ1) is 38.0. The number of rotatable bonds is 64. The minimum absolute atomic E-state index is 0.00620. The number of aliphatic hydroxyl groups excluding tert-OH is 2. The molecule has 0 saturated carbocycles. The van der Waals surface area contributed by atoms with Crippen molar-refractivity contribution in [2.24, 2.45) is 0 Å². The Morgan fingerprint density at radius 3 is 1.03 bits per heavy atom. The second-order valence-electron chi connectivity index (χ2n) is 23.5. The van der Waals surface area contributed by atoms with E-state index in [1.165, 1.54) is 289 Å². The zero-order chi connectivity index (χ0) is 55.7. The molecular formula is C71H133NO5. The monoisotopic (exact) mass is 1080 g/mol. The molecular weight excluding hydrogens is 947 g/mol. The Kier molecular flexibility index (Phi) is 64.5. The second kappa shape index (κ2) is 66.3. The molecule has 6 nitrogen and oxygen atoms in total. The molecule has 0 saturated heterocycles. The van der Waals surface area contributed by atoms with Gasteiger partial charge in [0.2, 0.25) is 5.91 Å². The highest BCUT2D eigenvalue weighted by Crippen LogP contribution is 2.18. The molecule has 2 atom stereocenters. The van der Waals surface area contributed by atoms with E-state index in [1.54, 1.807) is 6.08 Å². The minimum Gasteiger partial charge on any atom is -0.466 e. The van der Waals surface area contributed by atoms with Crippen LogP contribution in [0.5, 0.6) is 0 Å². The molecule has 6 heteroatoms. The van der Waals surface area contributed by atoms with Crippen LogP contribution in [0.25, 0.3) is 0 Å². The Morgan fingerprint density at radius 2 is 0.649 bits per heavy atom. The predicted molar refractivity (Wildman–Crippen MR) is 338 cm³/mol. The van der Waals surface area contributed by atoms with Gasteiger partial charge in [0.15, 0.2) is 0 Å². The first-order valence-corrected chi connectivity index (χ1v) is 34.4. The summed E-state index contributed by atoms with van der Waals surface area (Å²) in [6, 6.07) is -0.630. The van der Waals surface area contributed by atoms with E-state index in [9.17, 15) is 19.8 Å². The van der Waals surface area contributed by atoms with Crippen LogP contribution < -0.4 is 5.32 Å². The van der Waals surface area contributed by atoms with Crippen LogP contribution >= 0.6 is 0 Å². The smallest absolute Gasteiger partial charge is 0.305 e. The van der Waals surface area contributed by atoms with Crippen LogP contribution in [0.1, 0.15) is 367 Å². The van der Waals surface area contributed by atoms with Crippen molar-refractivity contribution >= 4 is 11.9 Å². The van der Waals surface area contributed by atoms with E-state index in [4.69, 9.17) is 4.74 Å². The normalized spacial score (nSPS) is 12.8. The highest BCUT2D eigenvalue weighted by molar-refractivity contribution is 5.76. The molecule has 0 rings (SSSR count). The Labute approximate surface area is 480 Å². The van der Waals surface area contributed by atoms with Crippen LogP contribution in [0.2, 0.25) is 0 Å². The number of nitrogens with one attached hydrogen (secondary N) is 1. The zero-order valence-corrected chi connectivity index (χ0v) is 51.7. The molecule has 3 N–H and O–H groups in total. The summed E-state index contributed by atoms with van der Waals surface area (Å²) in [5.41, 5.74) is 0. The van der Waals surface area contributed by atoms with Gasteiger partial charge in [-0.3, -0.25) is 9.59 Å². The molecule has 0 bridgehead atoms. The van der Waals surface area contributed by atoms with Crippen LogP contribution in [0.15, 0.2) is 48.6 Å². The van der Waals surface area contributed by atoms with Crippen LogP contribution in [0.3, 0.4) is 0 Å². The van der Waals surface area contributed by atoms with Crippen molar-refractivity contribution in [2.45, 2.75) is 379 Å². The van der Waals surface area contributed by atoms with Gasteiger partial charge in [0.1, 0.15) is 0 Å². The molecule has 0 aliphatic carbocycles. The van der Waals surface area contributed by atoms with Crippen molar-refractivity contribution in [3.8, 4) is 0 Å². The Morgan fingerprint density at radius 1 is 0.364 bits per heavy atom. The SMILES string of the molecule is CCCCC/C=C\C/C=C\CCCCCCCCCC(=O)OCCCCCCCCCCCCCC/C=C\CCCCCCCCCCCCC(=O)NC(CO)C(O)/C=C/CCCCCCCCCCCCCCCCC. The van der Waals surface area contributed by atoms with Gasteiger partial charge in [-0.05, 0) is 89.9 Å². The highest BCUT2D eigenvalue weighted by atomic mass is 16.5. The van der Waals surface area contributed by atoms with Crippen molar-refractivity contribution in [1.82, 2.24) is 5.32 Å². The van der Waals surface area contributed by atoms with Gasteiger partial charge in [0, 0.05) is 12.8 Å². The average Bonchev–Trinajstić information content (AvgIpc) is 3.43. The molecule has 0 fully saturated rings. The summed E-state index contributed by atoms with van der Waals surface area (Å²) in [7, 11) is 0. The maximum absolute atomic E-state index is 12.5. The molecule has 0 aromatic rings. The lowest BCUT2D eigenvalue weighted by Crippen LogP contribution is -2.45. The number of hydrogen-bond acceptors (Lipinski definition) is 5. The number of ether oxygens (including phenoxy) is 1. The van der Waals surface area contributed by atoms with Gasteiger partial charge in [-0.15, -0.1) is 0 Å². The fraction of sp³-hybridized carbons (Fsp3) is 0.859. The van der Waals surface area contributed by atoms with E-state index in [0.717, 1.165) is 51.4 Å². The predicted octanol–water partition coefficient (Wildman–Crippen LogP) is 22.1. The summed E-state index contributed by atoms with van der Waals surface area (Å²) in [6.45, 7) is 4.90. The third-order valence-corrected chi connectivity index (χ3v) is 15.8. The quantitative estimate of drug-likeness (QED) is 0.0320. The van der Waals surface area contributed by atoms with Crippen LogP contribution in [0.4, 0.5) is 0 Å². The first-order valence-electron chi connectivity index (χ1n) is 34.4. The van der Waals surface area contributed by atoms with Gasteiger partial charge in [-0.2, -0.15) is 0 Å². The van der Waals surface area contributed by atoms with E-state index in [-0.39, 0.29) is 18.5 Å². The van der Waals surface area contributed by atoms with Crippen molar-refractivity contribution < 1.29 is 24.5 Å². The number of esters is 1. The summed E-state index contributed by atoms with van der Waals surface area (Å²) in [4.78, 5) is 24.6. The Bertz CT molecular complexity index is 1290. The number of carbonyl (C=O) groups excluding carboxylic acids is 2. The van der Waals surface area contributed by atoms with Gasteiger partial charge >= 0.3 is 5.97 Å². The Hall–Kier alpha value is -2.18. The molecule has 452 valence electrons. The summed E-state index contributed by atoms with van der Waals surface area (Å²) >= 11 is 0. The van der Waals surface area contributed by atoms with Crippen LogP contribution in [-0.2, 0) is 14.3 Å². The largest absolute Gasteiger partial charge is 0.466 e. The van der Waals surface area contributed by atoms with Gasteiger partial charge in [0.05, 0.1) is 25.4 Å². The summed E-state index contributed by atoms with van der Waals surface area (Å²) in [6.07, 6.45) is 86.0. The number of amides is 1. The molecule has 77 heavy (non-hydrogen) atoms. The first kappa shape index (κ1) is 74.8. The molecule has 0 aliphatic rings. The lowest BCUT2D eigenvalue weighted by atomic mass is 10.0. The average molecular weight is 1080 g/mol. The molecule has 0 spiro atoms. The summed E-state index contributed by atoms with van der Waals surface area (Å²) < 4.78 is 5.49. The van der Waals surface area contributed by atoms with Gasteiger partial charge in [0.25, 0.3) is 0 Å². The van der Waals surface area contributed by atoms with Gasteiger partial charge in [-0.1, -0.05) is 313 Å². The fourth-order valence-corrected chi connectivity index (χ4v) is 10.5. The van der Waals surface area contributed by atoms with E-state index in [1.807, 2.05) is 6.08 Å². The van der Waals surface area contributed by atoms with Crippen LogP contribution in [0, 0.1) is 0 Å². The van der Waals surface area contributed by atoms with Crippen molar-refractivity contribution in [3.63, 3.8) is 0 Å². The topological polar surface area (TPSA) is 95.9 Å². The third-order valence-electron chi connectivity index (χ3n) is 15.8. The molecule has 2 unspecified atom stereocenters. The van der Waals surface area contributed by atoms with E-state index in [2.05, 4.69) is 55.6 Å². The number of carbonyl (C=O) groups is 2. The minimum atomic E-state index is -0.847. The fourth-order valence-electron chi connectivity index (χ4n) is 10.5. The van der Waals surface area contributed by atoms with Crippen molar-refractivity contribution in [2.75, 3.05) is 13.2 Å². The van der Waals surface area contributed by atoms with Gasteiger partial charge < -0.3 is 20.3 Å². The molecule has 0 aromatic heterocycles. The lowest BCUT2D eigenvalue weighted by molar-refractivity contribution is -0.143. The molecule has 0 aliphatic heterocycles. The third kappa shape index (κ3) is 62.9. The van der Waals surface area contributed by atoms with Crippen molar-refractivity contribution in [1.29, 1.82) is 0 Å². The number of unbranched alkanes of at least 4 members (excludes halogenated alkanes) is 47. The van der Waals surface area contributed by atoms with Crippen LogP contribution in [-0.4, -0.2) is 47.4 Å². The number of aliphatic hydroxyl groups is 2. The molecule has 1 amide bonds. The van der Waals surface area contributed by atoms with E-state index < -0.39 is 12.1 Å². The maximum Gasteiger partial charge on any atom is 0.305 e. The maximum atomic E-state index is 12.5. The molecule has 0 aromatic carbocycles. The lowest BCUT2D eigenvalue weighted by Gasteiger charge is -2.20. The summed E-state index contributed by atoms with van der Waals surface area (Å²) in [5, 5.41) is 23.2. The highest BCUT2D eigenvalue weighted by Gasteiger charge is 2.18. The van der Waals surface area contributed by atoms with E-state index in [0.29, 0.717) is 19.4 Å². The molecule has 0 heterocycles. The second-order valence-corrected chi connectivity index (χ2v) is 23.5. The Balaban J connectivity index is 3.41. The zero-order valence-electron chi connectivity index (χ0n) is 51.7. The van der Waals surface area contributed by atoms with Gasteiger partial charge in [-0.25, -0.2) is 0 Å². The van der Waals surface area contributed by atoms with Crippen molar-refractivity contribution in [3.05, 3.63) is 48.6 Å². The summed E-state index contributed by atoms with van der Waals surface area (Å²) in [5.74, 6) is -0.0617. The number of allylic oxidation sites excluding steroid dienone is 7. The van der Waals surface area contributed by atoms with E-state index >= 15 is 0 Å². The standard InChI is InChI=1S/C71H133NO5/c1-3-5-7-9-11-13-15-17-19-31-35-39-43-47-51-55-59-63-69(74)68(67-73)72-70(75)64-60-56-52-48-44-40-36-33-29-27-25-23-21-22-24-26-28-30-34-38-42-46-50-54-58-62-66-77-71(76)65-61-57-53-49-45-41-37-32-20-18-16-14-12-10-8-6-4-2/h12,14,18,20-21,23,59,63,68-69,73-74H,3-11,13,15-17,19,22,24-58,60-62,64-67H2,1-2H3,(H,72,75)/b14-12-,20-18-,23-21-,63-59+. The number of hydrogen-bond donors (Lipinski definition) is 3. The molecule has 0 radical (unpaired) electrons.